The van der Waals surface area contributed by atoms with Gasteiger partial charge in [-0.15, -0.1) is 0 Å². The summed E-state index contributed by atoms with van der Waals surface area (Å²) in [4.78, 5) is 0. The summed E-state index contributed by atoms with van der Waals surface area (Å²) in [5, 5.41) is 4.55. The minimum Gasteiger partial charge on any atom is -0.487 e. The average molecular weight is 310 g/mol. The van der Waals surface area contributed by atoms with E-state index in [1.54, 1.807) is 0 Å². The molecule has 110 valence electrons. The van der Waals surface area contributed by atoms with Gasteiger partial charge in [-0.25, -0.2) is 0 Å². The van der Waals surface area contributed by atoms with E-state index in [1.165, 1.54) is 22.8 Å². The largest absolute Gasteiger partial charge is 0.487 e. The number of nitrogens with one attached hydrogen (secondary N) is 1. The fourth-order valence-corrected chi connectivity index (χ4v) is 5.54. The molecule has 0 amide bonds. The minimum absolute atomic E-state index is 0.0829. The summed E-state index contributed by atoms with van der Waals surface area (Å²) in [6.45, 7) is 5.47. The predicted octanol–water partition coefficient (Wildman–Crippen LogP) is 3.73. The van der Waals surface area contributed by atoms with Crippen molar-refractivity contribution in [1.82, 2.24) is 5.32 Å². The standard InChI is InChI=1S/C16H23NOS2/c1-16(2)9-14(13-5-3-4-6-15(13)18-16)17-10-12-11-19-7-8-20-12/h3-6,12,14,17H,7-11H2,1-2H3. The van der Waals surface area contributed by atoms with Crippen LogP contribution in [-0.4, -0.2) is 34.7 Å². The van der Waals surface area contributed by atoms with Crippen LogP contribution in [0.2, 0.25) is 0 Å². The van der Waals surface area contributed by atoms with E-state index < -0.39 is 0 Å². The average Bonchev–Trinajstić information content (AvgIpc) is 2.45. The summed E-state index contributed by atoms with van der Waals surface area (Å²) < 4.78 is 6.09. The topological polar surface area (TPSA) is 21.3 Å². The van der Waals surface area contributed by atoms with Crippen molar-refractivity contribution in [1.29, 1.82) is 0 Å². The first-order valence-electron chi connectivity index (χ1n) is 7.35. The Morgan fingerprint density at radius 1 is 1.30 bits per heavy atom. The van der Waals surface area contributed by atoms with Crippen LogP contribution in [0.1, 0.15) is 31.9 Å². The van der Waals surface area contributed by atoms with Crippen LogP contribution < -0.4 is 10.1 Å². The smallest absolute Gasteiger partial charge is 0.124 e. The van der Waals surface area contributed by atoms with Gasteiger partial charge in [0.15, 0.2) is 0 Å². The summed E-state index contributed by atoms with van der Waals surface area (Å²) in [6.07, 6.45) is 1.04. The lowest BCUT2D eigenvalue weighted by molar-refractivity contribution is 0.0662. The Hall–Kier alpha value is -0.320. The van der Waals surface area contributed by atoms with Gasteiger partial charge in [0.1, 0.15) is 11.4 Å². The molecule has 3 rings (SSSR count). The molecule has 2 heterocycles. The van der Waals surface area contributed by atoms with Gasteiger partial charge in [0.2, 0.25) is 0 Å². The van der Waals surface area contributed by atoms with Gasteiger partial charge in [0.25, 0.3) is 0 Å². The van der Waals surface area contributed by atoms with Gasteiger partial charge in [-0.1, -0.05) is 18.2 Å². The van der Waals surface area contributed by atoms with Crippen molar-refractivity contribution in [3.05, 3.63) is 29.8 Å². The molecule has 0 aliphatic carbocycles. The van der Waals surface area contributed by atoms with E-state index >= 15 is 0 Å². The lowest BCUT2D eigenvalue weighted by Crippen LogP contribution is -2.41. The molecule has 2 unspecified atom stereocenters. The van der Waals surface area contributed by atoms with Crippen molar-refractivity contribution in [3.8, 4) is 5.75 Å². The van der Waals surface area contributed by atoms with Crippen molar-refractivity contribution in [2.24, 2.45) is 0 Å². The normalized spacial score (nSPS) is 28.5. The van der Waals surface area contributed by atoms with Gasteiger partial charge in [0.05, 0.1) is 0 Å². The lowest BCUT2D eigenvalue weighted by Gasteiger charge is -2.38. The molecule has 1 aromatic carbocycles. The first-order chi connectivity index (χ1) is 9.64. The van der Waals surface area contributed by atoms with Gasteiger partial charge < -0.3 is 10.1 Å². The molecule has 0 spiro atoms. The van der Waals surface area contributed by atoms with Crippen LogP contribution in [0, 0.1) is 0 Å². The Morgan fingerprint density at radius 2 is 2.15 bits per heavy atom. The SMILES string of the molecule is CC1(C)CC(NCC2CSCCS2)c2ccccc2O1. The van der Waals surface area contributed by atoms with Crippen molar-refractivity contribution in [2.75, 3.05) is 23.8 Å². The molecule has 1 N–H and O–H groups in total. The first kappa shape index (κ1) is 14.6. The molecule has 2 atom stereocenters. The maximum absolute atomic E-state index is 6.09. The number of thioether (sulfide) groups is 2. The van der Waals surface area contributed by atoms with E-state index in [1.807, 2.05) is 0 Å². The van der Waals surface area contributed by atoms with E-state index in [0.717, 1.165) is 24.0 Å². The second-order valence-electron chi connectivity index (χ2n) is 6.13. The predicted molar refractivity (Wildman–Crippen MR) is 90.1 cm³/mol. The molecule has 0 aromatic heterocycles. The highest BCUT2D eigenvalue weighted by atomic mass is 32.2. The third-order valence-electron chi connectivity index (χ3n) is 3.85. The number of hydrogen-bond acceptors (Lipinski definition) is 4. The van der Waals surface area contributed by atoms with Crippen molar-refractivity contribution in [2.45, 2.75) is 37.2 Å². The number of benzene rings is 1. The van der Waals surface area contributed by atoms with Crippen LogP contribution in [0.5, 0.6) is 5.75 Å². The summed E-state index contributed by atoms with van der Waals surface area (Å²) in [6, 6.07) is 8.88. The van der Waals surface area contributed by atoms with E-state index in [-0.39, 0.29) is 5.60 Å². The summed E-state index contributed by atoms with van der Waals surface area (Å²) in [7, 11) is 0. The number of para-hydroxylation sites is 1. The quantitative estimate of drug-likeness (QED) is 0.918. The van der Waals surface area contributed by atoms with Crippen LogP contribution in [0.3, 0.4) is 0 Å². The zero-order chi connectivity index (χ0) is 14.0. The van der Waals surface area contributed by atoms with Gasteiger partial charge in [0, 0.05) is 47.1 Å². The minimum atomic E-state index is -0.0829. The van der Waals surface area contributed by atoms with Gasteiger partial charge >= 0.3 is 0 Å². The monoisotopic (exact) mass is 309 g/mol. The van der Waals surface area contributed by atoms with E-state index in [2.05, 4.69) is 67.0 Å². The molecule has 0 radical (unpaired) electrons. The maximum Gasteiger partial charge on any atom is 0.124 e. The van der Waals surface area contributed by atoms with Crippen molar-refractivity contribution >= 4 is 23.5 Å². The molecule has 2 nitrogen and oxygen atoms in total. The van der Waals surface area contributed by atoms with Crippen molar-refractivity contribution < 1.29 is 4.74 Å². The Morgan fingerprint density at radius 3 is 2.95 bits per heavy atom. The maximum atomic E-state index is 6.09. The Balaban J connectivity index is 1.68. The molecule has 4 heteroatoms. The Kier molecular flexibility index (Phi) is 4.53. The molecule has 2 aliphatic rings. The lowest BCUT2D eigenvalue weighted by atomic mass is 9.89. The summed E-state index contributed by atoms with van der Waals surface area (Å²) >= 11 is 4.21. The van der Waals surface area contributed by atoms with Crippen LogP contribution in [0.15, 0.2) is 24.3 Å². The van der Waals surface area contributed by atoms with Gasteiger partial charge in [-0.2, -0.15) is 23.5 Å². The van der Waals surface area contributed by atoms with Crippen LogP contribution in [0.4, 0.5) is 0 Å². The zero-order valence-corrected chi connectivity index (χ0v) is 13.9. The zero-order valence-electron chi connectivity index (χ0n) is 12.2. The highest BCUT2D eigenvalue weighted by Crippen LogP contribution is 2.39. The second-order valence-corrected chi connectivity index (χ2v) is 8.69. The molecule has 0 saturated carbocycles. The molecule has 1 saturated heterocycles. The fourth-order valence-electron chi connectivity index (χ4n) is 2.91. The van der Waals surface area contributed by atoms with E-state index in [9.17, 15) is 0 Å². The van der Waals surface area contributed by atoms with Crippen LogP contribution in [-0.2, 0) is 0 Å². The highest BCUT2D eigenvalue weighted by Gasteiger charge is 2.33. The molecular formula is C16H23NOS2. The molecule has 2 aliphatic heterocycles. The summed E-state index contributed by atoms with van der Waals surface area (Å²) in [5.41, 5.74) is 1.24. The summed E-state index contributed by atoms with van der Waals surface area (Å²) in [5.74, 6) is 4.94. The third kappa shape index (κ3) is 3.46. The Bertz CT molecular complexity index is 458. The van der Waals surface area contributed by atoms with E-state index in [0.29, 0.717) is 6.04 Å². The number of rotatable bonds is 3. The molecule has 20 heavy (non-hydrogen) atoms. The highest BCUT2D eigenvalue weighted by molar-refractivity contribution is 8.06. The fraction of sp³-hybridized carbons (Fsp3) is 0.625. The van der Waals surface area contributed by atoms with E-state index in [4.69, 9.17) is 4.74 Å². The third-order valence-corrected chi connectivity index (χ3v) is 6.70. The van der Waals surface area contributed by atoms with Gasteiger partial charge in [-0.3, -0.25) is 0 Å². The van der Waals surface area contributed by atoms with Gasteiger partial charge in [-0.05, 0) is 19.9 Å². The molecule has 0 bridgehead atoms. The Labute approximate surface area is 130 Å². The molecular weight excluding hydrogens is 286 g/mol. The van der Waals surface area contributed by atoms with Crippen LogP contribution >= 0.6 is 23.5 Å². The van der Waals surface area contributed by atoms with Crippen LogP contribution in [0.25, 0.3) is 0 Å². The molecule has 1 aromatic rings. The number of hydrogen-bond donors (Lipinski definition) is 1. The van der Waals surface area contributed by atoms with Crippen molar-refractivity contribution in [3.63, 3.8) is 0 Å². The first-order valence-corrected chi connectivity index (χ1v) is 9.55. The second kappa shape index (κ2) is 6.20. The molecule has 1 fully saturated rings. The number of ether oxygens (including phenoxy) is 1. The number of fused-ring (bicyclic) bond motifs is 1.